The van der Waals surface area contributed by atoms with Gasteiger partial charge in [-0.15, -0.1) is 0 Å². The minimum absolute atomic E-state index is 0.331. The van der Waals surface area contributed by atoms with Gasteiger partial charge in [0.05, 0.1) is 19.1 Å². The van der Waals surface area contributed by atoms with Crippen molar-refractivity contribution in [2.45, 2.75) is 24.4 Å². The molecule has 0 saturated heterocycles. The summed E-state index contributed by atoms with van der Waals surface area (Å²) in [6.45, 7) is -0.730. The molecule has 1 aromatic rings. The number of hydrogen-bond acceptors (Lipinski definition) is 7. The van der Waals surface area contributed by atoms with Crippen molar-refractivity contribution in [3.63, 3.8) is 0 Å². The summed E-state index contributed by atoms with van der Waals surface area (Å²) in [5, 5.41) is 36.8. The van der Waals surface area contributed by atoms with Gasteiger partial charge in [0.2, 0.25) is 0 Å². The van der Waals surface area contributed by atoms with Gasteiger partial charge in [0.1, 0.15) is 36.4 Å². The van der Waals surface area contributed by atoms with Crippen LogP contribution in [0.15, 0.2) is 27.8 Å². The third-order valence-corrected chi connectivity index (χ3v) is 2.34. The molecule has 0 aliphatic carbocycles. The molecule has 0 aliphatic rings. The predicted molar refractivity (Wildman–Crippen MR) is 61.3 cm³/mol. The Morgan fingerprint density at radius 2 is 2.06 bits per heavy atom. The molecule has 4 atom stereocenters. The molecule has 0 fully saturated rings. The number of hydrogen-bond donors (Lipinski definition) is 4. The highest BCUT2D eigenvalue weighted by atomic mass is 16.4. The highest BCUT2D eigenvalue weighted by molar-refractivity contribution is 5.77. The predicted octanol–water partition coefficient (Wildman–Crippen LogP) is -1.66. The highest BCUT2D eigenvalue weighted by Crippen LogP contribution is 2.07. The van der Waals surface area contributed by atoms with Crippen molar-refractivity contribution in [3.8, 4) is 0 Å². The largest absolute Gasteiger partial charge is 0.463 e. The van der Waals surface area contributed by atoms with Crippen molar-refractivity contribution in [1.82, 2.24) is 0 Å². The van der Waals surface area contributed by atoms with Crippen LogP contribution in [0.25, 0.3) is 0 Å². The Morgan fingerprint density at radius 1 is 1.33 bits per heavy atom. The number of aldehydes is 1. The Balaban J connectivity index is 2.68. The maximum Gasteiger partial charge on any atom is 0.147 e. The van der Waals surface area contributed by atoms with Gasteiger partial charge in [0, 0.05) is 0 Å². The molecule has 0 radical (unpaired) electrons. The van der Waals surface area contributed by atoms with Crippen molar-refractivity contribution < 1.29 is 29.6 Å². The van der Waals surface area contributed by atoms with Crippen molar-refractivity contribution >= 4 is 12.5 Å². The van der Waals surface area contributed by atoms with Crippen LogP contribution in [0.1, 0.15) is 5.76 Å². The summed E-state index contributed by atoms with van der Waals surface area (Å²) in [6.07, 6.45) is -1.86. The number of rotatable bonds is 7. The normalized spacial score (nSPS) is 18.4. The van der Waals surface area contributed by atoms with E-state index >= 15 is 0 Å². The van der Waals surface area contributed by atoms with Gasteiger partial charge in [0.25, 0.3) is 0 Å². The summed E-state index contributed by atoms with van der Waals surface area (Å²) >= 11 is 0. The molecule has 1 aromatic heterocycles. The van der Waals surface area contributed by atoms with E-state index in [-0.39, 0.29) is 0 Å². The summed E-state index contributed by atoms with van der Waals surface area (Å²) < 4.78 is 4.94. The number of nitrogens with zero attached hydrogens (tertiary/aromatic N) is 1. The molecule has 0 spiro atoms. The van der Waals surface area contributed by atoms with Crippen LogP contribution in [0.2, 0.25) is 0 Å². The standard InChI is InChI=1S/C11H15NO6/c13-5-8(10(16)11(17)9(15)6-14)12-4-7-2-1-3-18-7/h1-5,8-11,14-17H,6H2/t8-,9+,10+,11+/m0/s1. The fourth-order valence-corrected chi connectivity index (χ4v) is 1.27. The molecule has 18 heavy (non-hydrogen) atoms. The van der Waals surface area contributed by atoms with Gasteiger partial charge >= 0.3 is 0 Å². The molecular weight excluding hydrogens is 242 g/mol. The molecule has 1 rings (SSSR count). The first-order valence-electron chi connectivity index (χ1n) is 5.27. The zero-order valence-corrected chi connectivity index (χ0v) is 9.46. The van der Waals surface area contributed by atoms with Crippen molar-refractivity contribution in [2.75, 3.05) is 6.61 Å². The maximum absolute atomic E-state index is 10.8. The van der Waals surface area contributed by atoms with Crippen LogP contribution in [0.3, 0.4) is 0 Å². The minimum Gasteiger partial charge on any atom is -0.463 e. The second kappa shape index (κ2) is 7.02. The monoisotopic (exact) mass is 257 g/mol. The van der Waals surface area contributed by atoms with Gasteiger partial charge in [-0.2, -0.15) is 0 Å². The van der Waals surface area contributed by atoms with Crippen LogP contribution in [0.4, 0.5) is 0 Å². The van der Waals surface area contributed by atoms with Crippen LogP contribution < -0.4 is 0 Å². The van der Waals surface area contributed by atoms with E-state index in [9.17, 15) is 15.0 Å². The van der Waals surface area contributed by atoms with Crippen LogP contribution in [-0.4, -0.2) is 63.9 Å². The lowest BCUT2D eigenvalue weighted by atomic mass is 10.0. The fourth-order valence-electron chi connectivity index (χ4n) is 1.27. The summed E-state index contributed by atoms with van der Waals surface area (Å²) in [6, 6.07) is 1.96. The Morgan fingerprint density at radius 3 is 2.56 bits per heavy atom. The van der Waals surface area contributed by atoms with E-state index < -0.39 is 31.0 Å². The molecule has 0 amide bonds. The van der Waals surface area contributed by atoms with E-state index in [0.29, 0.717) is 12.0 Å². The van der Waals surface area contributed by atoms with Gasteiger partial charge in [-0.3, -0.25) is 4.99 Å². The van der Waals surface area contributed by atoms with E-state index in [1.54, 1.807) is 12.1 Å². The van der Waals surface area contributed by atoms with Crippen LogP contribution in [-0.2, 0) is 4.79 Å². The molecule has 0 bridgehead atoms. The Kier molecular flexibility index (Phi) is 5.66. The molecule has 0 aliphatic heterocycles. The number of carbonyl (C=O) groups is 1. The maximum atomic E-state index is 10.8. The number of aliphatic imine (C=N–C) groups is 1. The summed E-state index contributed by atoms with van der Waals surface area (Å²) in [4.78, 5) is 14.5. The van der Waals surface area contributed by atoms with Gasteiger partial charge in [-0.25, -0.2) is 0 Å². The van der Waals surface area contributed by atoms with Gasteiger partial charge in [-0.05, 0) is 12.1 Å². The molecule has 4 N–H and O–H groups in total. The molecule has 0 aromatic carbocycles. The van der Waals surface area contributed by atoms with Crippen LogP contribution >= 0.6 is 0 Å². The Bertz CT molecular complexity index is 377. The topological polar surface area (TPSA) is 123 Å². The average Bonchev–Trinajstić information content (AvgIpc) is 2.90. The van der Waals surface area contributed by atoms with E-state index in [1.165, 1.54) is 12.5 Å². The third-order valence-electron chi connectivity index (χ3n) is 2.34. The molecule has 7 heteroatoms. The lowest BCUT2D eigenvalue weighted by Crippen LogP contribution is -2.45. The van der Waals surface area contributed by atoms with Crippen molar-refractivity contribution in [1.29, 1.82) is 0 Å². The zero-order valence-electron chi connectivity index (χ0n) is 9.46. The lowest BCUT2D eigenvalue weighted by molar-refractivity contribution is -0.118. The van der Waals surface area contributed by atoms with Crippen LogP contribution in [0.5, 0.6) is 0 Å². The van der Waals surface area contributed by atoms with Crippen LogP contribution in [0, 0.1) is 0 Å². The first-order chi connectivity index (χ1) is 8.60. The molecule has 1 heterocycles. The molecular formula is C11H15NO6. The summed E-state index contributed by atoms with van der Waals surface area (Å²) in [5.41, 5.74) is 0. The summed E-state index contributed by atoms with van der Waals surface area (Å²) in [7, 11) is 0. The number of carbonyl (C=O) groups excluding carboxylic acids is 1. The zero-order chi connectivity index (χ0) is 13.5. The first kappa shape index (κ1) is 14.5. The van der Waals surface area contributed by atoms with E-state index in [0.717, 1.165) is 0 Å². The molecule has 7 nitrogen and oxygen atoms in total. The van der Waals surface area contributed by atoms with E-state index in [4.69, 9.17) is 14.6 Å². The molecule has 100 valence electrons. The first-order valence-corrected chi connectivity index (χ1v) is 5.27. The Labute approximate surface area is 103 Å². The second-order valence-corrected chi connectivity index (χ2v) is 3.65. The van der Waals surface area contributed by atoms with Gasteiger partial charge in [-0.1, -0.05) is 0 Å². The van der Waals surface area contributed by atoms with E-state index in [2.05, 4.69) is 4.99 Å². The smallest absolute Gasteiger partial charge is 0.147 e. The van der Waals surface area contributed by atoms with Crippen molar-refractivity contribution in [3.05, 3.63) is 24.2 Å². The molecule has 0 unspecified atom stereocenters. The van der Waals surface area contributed by atoms with Crippen molar-refractivity contribution in [2.24, 2.45) is 4.99 Å². The average molecular weight is 257 g/mol. The minimum atomic E-state index is -1.67. The fraction of sp³-hybridized carbons (Fsp3) is 0.455. The highest BCUT2D eigenvalue weighted by Gasteiger charge is 2.30. The second-order valence-electron chi connectivity index (χ2n) is 3.65. The van der Waals surface area contributed by atoms with Gasteiger partial charge < -0.3 is 29.6 Å². The Hall–Kier alpha value is -1.54. The number of aliphatic hydroxyl groups excluding tert-OH is 4. The van der Waals surface area contributed by atoms with Gasteiger partial charge in [0.15, 0.2) is 0 Å². The quantitative estimate of drug-likeness (QED) is 0.342. The summed E-state index contributed by atoms with van der Waals surface area (Å²) in [5.74, 6) is 0.381. The van der Waals surface area contributed by atoms with E-state index in [1.807, 2.05) is 0 Å². The lowest BCUT2D eigenvalue weighted by Gasteiger charge is -2.23. The number of furan rings is 1. The third kappa shape index (κ3) is 3.74. The number of aliphatic hydroxyl groups is 4. The SMILES string of the molecule is O=C[C@H](N=Cc1ccco1)[C@@H](O)[C@H](O)[C@H](O)CO. The molecule has 0 saturated carbocycles.